The average molecular weight is 978 g/mol. The number of likely N-dealkylation sites (tertiary alicyclic amines) is 1. The van der Waals surface area contributed by atoms with Crippen LogP contribution in [0.3, 0.4) is 0 Å². The molecule has 2 aromatic carbocycles. The summed E-state index contributed by atoms with van der Waals surface area (Å²) in [4.78, 5) is 79.1. The molecule has 17 heteroatoms. The molecule has 3 amide bonds. The minimum Gasteiger partial charge on any atom is -0.384 e. The number of aromatic nitrogens is 5. The van der Waals surface area contributed by atoms with Gasteiger partial charge in [0.15, 0.2) is 0 Å². The summed E-state index contributed by atoms with van der Waals surface area (Å²) < 4.78 is 23.1. The summed E-state index contributed by atoms with van der Waals surface area (Å²) in [6, 6.07) is 15.0. The summed E-state index contributed by atoms with van der Waals surface area (Å²) in [6.45, 7) is 14.3. The van der Waals surface area contributed by atoms with E-state index < -0.39 is 11.9 Å². The molecule has 4 aromatic heterocycles. The third kappa shape index (κ3) is 8.57. The van der Waals surface area contributed by atoms with E-state index in [2.05, 4.69) is 55.9 Å². The molecule has 0 spiro atoms. The molecule has 16 nitrogen and oxygen atoms in total. The standard InChI is InChI=1S/C55H64FN11O5/c1-33-26-39(28-42(56)50(33)38-14-21-63(22-15-38)35(3)47-29-41-44(11-18-58-51(41)60(47)4)66-23-16-43-40(54(66)71)10-17-57-43)53(70)64-19-12-36(13-20-64)32-65-25-24-62(30-34(65)2)31-37-6-7-45-48(27-37)61(5)55(72)67(45)46-8-9-49(68)59-52(46)69/h6-7,11,14,16,18,23,26-29,34-36,46,57H,8-10,12-13,15,17,19-22,24-25,30-32H2,1-5H3,(H,59,68,69)/t34-,35-,46-/m0/s1. The number of rotatable bonds is 10. The number of carbonyl (C=O) groups is 3. The van der Waals surface area contributed by atoms with Crippen molar-refractivity contribution < 1.29 is 18.8 Å². The van der Waals surface area contributed by atoms with Crippen molar-refractivity contribution in [2.75, 3.05) is 64.2 Å². The van der Waals surface area contributed by atoms with Gasteiger partial charge in [0.05, 0.1) is 16.7 Å². The van der Waals surface area contributed by atoms with Gasteiger partial charge in [-0.2, -0.15) is 0 Å². The average Bonchev–Trinajstić information content (AvgIpc) is 4.06. The largest absolute Gasteiger partial charge is 0.384 e. The van der Waals surface area contributed by atoms with Crippen molar-refractivity contribution in [3.63, 3.8) is 0 Å². The first-order valence-corrected chi connectivity index (χ1v) is 25.7. The number of anilines is 1. The first-order valence-electron chi connectivity index (χ1n) is 25.7. The number of benzene rings is 2. The number of carbonyl (C=O) groups excluding carboxylic acids is 3. The smallest absolute Gasteiger partial charge is 0.329 e. The summed E-state index contributed by atoms with van der Waals surface area (Å²) in [5, 5.41) is 6.59. The van der Waals surface area contributed by atoms with Gasteiger partial charge in [-0.1, -0.05) is 12.1 Å². The Bertz CT molecular complexity index is 3300. The molecule has 0 bridgehead atoms. The monoisotopic (exact) mass is 978 g/mol. The van der Waals surface area contributed by atoms with Gasteiger partial charge in [-0.25, -0.2) is 14.2 Å². The van der Waals surface area contributed by atoms with Crippen LogP contribution in [0.1, 0.15) is 96.3 Å². The second-order valence-electron chi connectivity index (χ2n) is 20.9. The van der Waals surface area contributed by atoms with E-state index in [1.807, 2.05) is 61.5 Å². The number of imide groups is 1. The normalized spacial score (nSPS) is 21.0. The van der Waals surface area contributed by atoms with Crippen LogP contribution in [0, 0.1) is 18.7 Å². The van der Waals surface area contributed by atoms with Gasteiger partial charge in [0, 0.05) is 144 Å². The Morgan fingerprint density at radius 1 is 0.903 bits per heavy atom. The Kier molecular flexibility index (Phi) is 12.6. The third-order valence-electron chi connectivity index (χ3n) is 16.5. The van der Waals surface area contributed by atoms with Crippen LogP contribution in [-0.4, -0.2) is 126 Å². The molecule has 9 heterocycles. The minimum atomic E-state index is -0.707. The molecule has 2 N–H and O–H groups in total. The number of nitrogens with one attached hydrogen (secondary N) is 2. The molecule has 376 valence electrons. The number of fused-ring (bicyclic) bond motifs is 3. The molecule has 11 rings (SSSR count). The van der Waals surface area contributed by atoms with Crippen LogP contribution in [0.2, 0.25) is 0 Å². The van der Waals surface area contributed by atoms with Crippen molar-refractivity contribution in [3.8, 4) is 5.69 Å². The lowest BCUT2D eigenvalue weighted by Gasteiger charge is -2.42. The Hall–Kier alpha value is -6.69. The third-order valence-corrected chi connectivity index (χ3v) is 16.5. The number of hydrogen-bond acceptors (Lipinski definition) is 10. The van der Waals surface area contributed by atoms with E-state index in [9.17, 15) is 24.0 Å². The van der Waals surface area contributed by atoms with Crippen molar-refractivity contribution in [2.24, 2.45) is 20.0 Å². The van der Waals surface area contributed by atoms with E-state index in [1.165, 1.54) is 10.6 Å². The van der Waals surface area contributed by atoms with E-state index in [4.69, 9.17) is 4.98 Å². The number of nitrogens with zero attached hydrogens (tertiary/aromatic N) is 9. The number of hydrogen-bond donors (Lipinski definition) is 2. The van der Waals surface area contributed by atoms with Crippen LogP contribution in [-0.2, 0) is 36.6 Å². The zero-order valence-electron chi connectivity index (χ0n) is 41.9. The Morgan fingerprint density at radius 3 is 2.47 bits per heavy atom. The van der Waals surface area contributed by atoms with Crippen LogP contribution in [0.5, 0.6) is 0 Å². The predicted octanol–water partition coefficient (Wildman–Crippen LogP) is 5.68. The van der Waals surface area contributed by atoms with Gasteiger partial charge in [-0.3, -0.25) is 52.9 Å². The Labute approximate surface area is 417 Å². The Balaban J connectivity index is 0.677. The lowest BCUT2D eigenvalue weighted by molar-refractivity contribution is -0.135. The Morgan fingerprint density at radius 2 is 1.72 bits per heavy atom. The van der Waals surface area contributed by atoms with Crippen molar-refractivity contribution in [1.82, 2.24) is 48.2 Å². The predicted molar refractivity (Wildman–Crippen MR) is 276 cm³/mol. The zero-order chi connectivity index (χ0) is 50.1. The highest BCUT2D eigenvalue weighted by Crippen LogP contribution is 2.35. The maximum absolute atomic E-state index is 16.2. The van der Waals surface area contributed by atoms with Crippen molar-refractivity contribution in [3.05, 3.63) is 127 Å². The lowest BCUT2D eigenvalue weighted by Crippen LogP contribution is -2.53. The molecule has 0 radical (unpaired) electrons. The molecular formula is C55H64FN11O5. The molecule has 3 atom stereocenters. The number of aryl methyl sites for hydroxylation is 3. The molecule has 3 fully saturated rings. The number of pyridine rings is 2. The number of imidazole rings is 1. The molecule has 72 heavy (non-hydrogen) atoms. The van der Waals surface area contributed by atoms with Crippen LogP contribution in [0.15, 0.2) is 76.6 Å². The van der Waals surface area contributed by atoms with E-state index in [0.717, 1.165) is 115 Å². The molecular weight excluding hydrogens is 914 g/mol. The first-order chi connectivity index (χ1) is 34.7. The number of halogens is 1. The highest BCUT2D eigenvalue weighted by Gasteiger charge is 2.33. The highest BCUT2D eigenvalue weighted by atomic mass is 19.1. The molecule has 5 aliphatic heterocycles. The minimum absolute atomic E-state index is 0.00302. The quantitative estimate of drug-likeness (QED) is 0.164. The molecule has 0 unspecified atom stereocenters. The molecule has 3 saturated heterocycles. The van der Waals surface area contributed by atoms with Gasteiger partial charge in [-0.05, 0) is 118 Å². The van der Waals surface area contributed by atoms with Crippen molar-refractivity contribution in [1.29, 1.82) is 0 Å². The van der Waals surface area contributed by atoms with Gasteiger partial charge in [0.1, 0.15) is 17.5 Å². The molecule has 0 saturated carbocycles. The van der Waals surface area contributed by atoms with Crippen LogP contribution < -0.4 is 21.9 Å². The van der Waals surface area contributed by atoms with Gasteiger partial charge in [0.25, 0.3) is 11.5 Å². The van der Waals surface area contributed by atoms with Gasteiger partial charge in [0.2, 0.25) is 11.8 Å². The van der Waals surface area contributed by atoms with E-state index in [1.54, 1.807) is 22.4 Å². The van der Waals surface area contributed by atoms with E-state index in [0.29, 0.717) is 67.5 Å². The van der Waals surface area contributed by atoms with Gasteiger partial charge < -0.3 is 14.8 Å². The van der Waals surface area contributed by atoms with Crippen LogP contribution in [0.25, 0.3) is 33.3 Å². The summed E-state index contributed by atoms with van der Waals surface area (Å²) in [6.07, 6.45) is 9.43. The number of piperidine rings is 2. The molecule has 0 aliphatic carbocycles. The number of piperazine rings is 1. The maximum Gasteiger partial charge on any atom is 0.329 e. The second kappa shape index (κ2) is 19.1. The SMILES string of the molecule is Cc1cc(C(=O)N2CCC(CN3CCN(Cc4ccc5c(c4)n(C)c(=O)n5[C@H]4CCC(=O)NC4=O)C[C@@H]3C)CC2)cc(F)c1C1=CCN([C@@H](C)c2cc3c(-n4ccc5c(c4=O)CCN5)ccnc3n2C)CC1. The number of amides is 3. The zero-order valence-corrected chi connectivity index (χ0v) is 41.9. The second-order valence-corrected chi connectivity index (χ2v) is 20.9. The van der Waals surface area contributed by atoms with Crippen molar-refractivity contribution in [2.45, 2.75) is 84.0 Å². The van der Waals surface area contributed by atoms with Crippen LogP contribution in [0.4, 0.5) is 10.1 Å². The summed E-state index contributed by atoms with van der Waals surface area (Å²) >= 11 is 0. The van der Waals surface area contributed by atoms with E-state index >= 15 is 4.39 Å². The maximum atomic E-state index is 16.2. The van der Waals surface area contributed by atoms with Crippen molar-refractivity contribution >= 4 is 51.0 Å². The summed E-state index contributed by atoms with van der Waals surface area (Å²) in [5.74, 6) is -0.741. The van der Waals surface area contributed by atoms with E-state index in [-0.39, 0.29) is 41.3 Å². The fraction of sp³-hybridized carbons (Fsp3) is 0.455. The fourth-order valence-electron chi connectivity index (χ4n) is 12.4. The fourth-order valence-corrected chi connectivity index (χ4v) is 12.4. The van der Waals surface area contributed by atoms with Gasteiger partial charge >= 0.3 is 5.69 Å². The summed E-state index contributed by atoms with van der Waals surface area (Å²) in [5.41, 5.74) is 9.45. The molecule has 6 aromatic rings. The van der Waals surface area contributed by atoms with Crippen LogP contribution >= 0.6 is 0 Å². The lowest BCUT2D eigenvalue weighted by atomic mass is 9.92. The first kappa shape index (κ1) is 47.6. The highest BCUT2D eigenvalue weighted by molar-refractivity contribution is 6.00. The topological polar surface area (TPSA) is 155 Å². The van der Waals surface area contributed by atoms with Gasteiger partial charge in [-0.15, -0.1) is 0 Å². The molecule has 5 aliphatic rings. The summed E-state index contributed by atoms with van der Waals surface area (Å²) in [7, 11) is 3.75.